The van der Waals surface area contributed by atoms with E-state index in [1.165, 1.54) is 12.8 Å². The number of carbonyl (C=O) groups excluding carboxylic acids is 1. The first kappa shape index (κ1) is 19.5. The van der Waals surface area contributed by atoms with Gasteiger partial charge in [0.1, 0.15) is 11.5 Å². The molecule has 0 atom stereocenters. The first-order valence-corrected chi connectivity index (χ1v) is 10.3. The molecular formula is C22H28N4O3. The van der Waals surface area contributed by atoms with E-state index in [9.17, 15) is 4.79 Å². The number of rotatable bonds is 5. The maximum absolute atomic E-state index is 12.6. The Kier molecular flexibility index (Phi) is 5.83. The van der Waals surface area contributed by atoms with Crippen LogP contribution in [0.1, 0.15) is 25.7 Å². The van der Waals surface area contributed by atoms with Crippen molar-refractivity contribution < 1.29 is 14.3 Å². The molecule has 29 heavy (non-hydrogen) atoms. The summed E-state index contributed by atoms with van der Waals surface area (Å²) in [7, 11) is 3.27. The number of amides is 1. The fraction of sp³-hybridized carbons (Fsp3) is 0.500. The highest BCUT2D eigenvalue weighted by Crippen LogP contribution is 2.32. The summed E-state index contributed by atoms with van der Waals surface area (Å²) < 4.78 is 10.8. The molecule has 0 radical (unpaired) electrons. The Morgan fingerprint density at radius 2 is 1.72 bits per heavy atom. The zero-order valence-corrected chi connectivity index (χ0v) is 17.1. The number of hydrogen-bond acceptors (Lipinski definition) is 6. The van der Waals surface area contributed by atoms with Crippen LogP contribution in [0, 0.1) is 5.92 Å². The monoisotopic (exact) mass is 396 g/mol. The van der Waals surface area contributed by atoms with Gasteiger partial charge >= 0.3 is 0 Å². The van der Waals surface area contributed by atoms with Gasteiger partial charge in [-0.2, -0.15) is 0 Å². The van der Waals surface area contributed by atoms with Crippen molar-refractivity contribution in [3.05, 3.63) is 30.3 Å². The molecular weight excluding hydrogens is 368 g/mol. The Labute approximate surface area is 171 Å². The van der Waals surface area contributed by atoms with Gasteiger partial charge in [0, 0.05) is 37.7 Å². The predicted octanol–water partition coefficient (Wildman–Crippen LogP) is 3.00. The number of anilines is 1. The minimum absolute atomic E-state index is 0.249. The lowest BCUT2D eigenvalue weighted by Crippen LogP contribution is -2.50. The lowest BCUT2D eigenvalue weighted by atomic mass is 10.1. The molecule has 1 aromatic heterocycles. The molecule has 7 nitrogen and oxygen atoms in total. The second-order valence-electron chi connectivity index (χ2n) is 7.64. The van der Waals surface area contributed by atoms with Crippen molar-refractivity contribution in [2.45, 2.75) is 25.7 Å². The molecule has 1 saturated carbocycles. The Bertz CT molecular complexity index is 842. The molecule has 2 fully saturated rings. The maximum atomic E-state index is 12.6. The summed E-state index contributed by atoms with van der Waals surface area (Å²) in [5.74, 6) is 2.90. The third kappa shape index (κ3) is 4.13. The highest BCUT2D eigenvalue weighted by atomic mass is 16.5. The van der Waals surface area contributed by atoms with Gasteiger partial charge in [0.25, 0.3) is 0 Å². The van der Waals surface area contributed by atoms with Gasteiger partial charge in [-0.1, -0.05) is 12.8 Å². The summed E-state index contributed by atoms with van der Waals surface area (Å²) in [5, 5.41) is 8.85. The molecule has 1 saturated heterocycles. The van der Waals surface area contributed by atoms with Crippen LogP contribution in [0.5, 0.6) is 11.5 Å². The molecule has 2 aromatic rings. The normalized spacial score (nSPS) is 17.4. The highest BCUT2D eigenvalue weighted by Gasteiger charge is 2.29. The van der Waals surface area contributed by atoms with E-state index in [2.05, 4.69) is 15.1 Å². The second kappa shape index (κ2) is 8.68. The van der Waals surface area contributed by atoms with Crippen molar-refractivity contribution in [1.82, 2.24) is 15.1 Å². The van der Waals surface area contributed by atoms with Gasteiger partial charge in [-0.05, 0) is 43.2 Å². The summed E-state index contributed by atoms with van der Waals surface area (Å²) in [4.78, 5) is 16.8. The van der Waals surface area contributed by atoms with Crippen LogP contribution in [0.15, 0.2) is 30.3 Å². The first-order valence-electron chi connectivity index (χ1n) is 10.3. The first-order chi connectivity index (χ1) is 14.2. The van der Waals surface area contributed by atoms with Crippen LogP contribution in [0.2, 0.25) is 0 Å². The molecule has 154 valence electrons. The van der Waals surface area contributed by atoms with Crippen LogP contribution in [-0.4, -0.2) is 61.4 Å². The van der Waals surface area contributed by atoms with Crippen molar-refractivity contribution in [3.8, 4) is 22.8 Å². The molecule has 1 aliphatic heterocycles. The van der Waals surface area contributed by atoms with Crippen LogP contribution >= 0.6 is 0 Å². The topological polar surface area (TPSA) is 67.8 Å². The van der Waals surface area contributed by atoms with Crippen molar-refractivity contribution in [1.29, 1.82) is 0 Å². The summed E-state index contributed by atoms with van der Waals surface area (Å²) in [6.45, 7) is 3.08. The van der Waals surface area contributed by atoms with E-state index in [1.54, 1.807) is 14.2 Å². The predicted molar refractivity (Wildman–Crippen MR) is 111 cm³/mol. The maximum Gasteiger partial charge on any atom is 0.225 e. The molecule has 4 rings (SSSR count). The zero-order valence-electron chi connectivity index (χ0n) is 17.1. The Morgan fingerprint density at radius 1 is 0.966 bits per heavy atom. The molecule has 7 heteroatoms. The van der Waals surface area contributed by atoms with E-state index in [0.717, 1.165) is 67.6 Å². The zero-order chi connectivity index (χ0) is 20.2. The summed E-state index contributed by atoms with van der Waals surface area (Å²) in [6, 6.07) is 9.56. The molecule has 0 spiro atoms. The van der Waals surface area contributed by atoms with Crippen LogP contribution in [-0.2, 0) is 4.79 Å². The number of carbonyl (C=O) groups is 1. The average molecular weight is 396 g/mol. The fourth-order valence-corrected chi connectivity index (χ4v) is 4.24. The molecule has 0 unspecified atom stereocenters. The Morgan fingerprint density at radius 3 is 2.34 bits per heavy atom. The lowest BCUT2D eigenvalue weighted by molar-refractivity contribution is -0.135. The number of nitrogens with zero attached hydrogens (tertiary/aromatic N) is 4. The van der Waals surface area contributed by atoms with Crippen molar-refractivity contribution in [2.24, 2.45) is 5.92 Å². The van der Waals surface area contributed by atoms with Crippen LogP contribution in [0.25, 0.3) is 11.3 Å². The Balaban J connectivity index is 1.42. The molecule has 1 aliphatic carbocycles. The van der Waals surface area contributed by atoms with Crippen molar-refractivity contribution >= 4 is 11.7 Å². The van der Waals surface area contributed by atoms with E-state index in [1.807, 2.05) is 35.2 Å². The lowest BCUT2D eigenvalue weighted by Gasteiger charge is -2.36. The smallest absolute Gasteiger partial charge is 0.225 e. The highest BCUT2D eigenvalue weighted by molar-refractivity contribution is 5.79. The van der Waals surface area contributed by atoms with Gasteiger partial charge in [-0.25, -0.2) is 0 Å². The molecule has 1 amide bonds. The number of benzene rings is 1. The van der Waals surface area contributed by atoms with Crippen LogP contribution in [0.3, 0.4) is 0 Å². The SMILES string of the molecule is COc1ccc(OC)c(-c2ccc(N3CCN(C(=O)C4CCCC4)CC3)nn2)c1. The van der Waals surface area contributed by atoms with Crippen molar-refractivity contribution in [2.75, 3.05) is 45.3 Å². The largest absolute Gasteiger partial charge is 0.497 e. The van der Waals surface area contributed by atoms with Crippen LogP contribution in [0.4, 0.5) is 5.82 Å². The number of methoxy groups -OCH3 is 2. The van der Waals surface area contributed by atoms with E-state index < -0.39 is 0 Å². The molecule has 0 bridgehead atoms. The van der Waals surface area contributed by atoms with Gasteiger partial charge in [-0.3, -0.25) is 4.79 Å². The summed E-state index contributed by atoms with van der Waals surface area (Å²) in [5.41, 5.74) is 1.58. The minimum atomic E-state index is 0.249. The molecule has 0 N–H and O–H groups in total. The quantitative estimate of drug-likeness (QED) is 0.774. The fourth-order valence-electron chi connectivity index (χ4n) is 4.24. The third-order valence-corrected chi connectivity index (χ3v) is 5.95. The summed E-state index contributed by atoms with van der Waals surface area (Å²) in [6.07, 6.45) is 4.49. The molecule has 2 aliphatic rings. The van der Waals surface area contributed by atoms with Crippen molar-refractivity contribution in [3.63, 3.8) is 0 Å². The summed E-state index contributed by atoms with van der Waals surface area (Å²) >= 11 is 0. The standard InChI is InChI=1S/C22H28N4O3/c1-28-17-7-9-20(29-2)18(15-17)19-8-10-21(24-23-19)25-11-13-26(14-12-25)22(27)16-5-3-4-6-16/h7-10,15-16H,3-6,11-14H2,1-2H3. The van der Waals surface area contributed by atoms with E-state index in [-0.39, 0.29) is 5.92 Å². The van der Waals surface area contributed by atoms with E-state index in [4.69, 9.17) is 9.47 Å². The minimum Gasteiger partial charge on any atom is -0.497 e. The molecule has 1 aromatic carbocycles. The number of aromatic nitrogens is 2. The van der Waals surface area contributed by atoms with Crippen LogP contribution < -0.4 is 14.4 Å². The molecule has 2 heterocycles. The van der Waals surface area contributed by atoms with Gasteiger partial charge in [0.2, 0.25) is 5.91 Å². The Hall–Kier alpha value is -2.83. The average Bonchev–Trinajstić information content (AvgIpc) is 3.33. The van der Waals surface area contributed by atoms with Gasteiger partial charge in [0.05, 0.1) is 19.9 Å². The second-order valence-corrected chi connectivity index (χ2v) is 7.64. The van der Waals surface area contributed by atoms with Gasteiger partial charge < -0.3 is 19.3 Å². The van der Waals surface area contributed by atoms with Gasteiger partial charge in [0.15, 0.2) is 5.82 Å². The number of piperazine rings is 1. The van der Waals surface area contributed by atoms with E-state index in [0.29, 0.717) is 5.91 Å². The number of hydrogen-bond donors (Lipinski definition) is 0. The van der Waals surface area contributed by atoms with Gasteiger partial charge in [-0.15, -0.1) is 10.2 Å². The third-order valence-electron chi connectivity index (χ3n) is 5.95. The number of ether oxygens (including phenoxy) is 2. The van der Waals surface area contributed by atoms with E-state index >= 15 is 0 Å².